The maximum atomic E-state index is 11.3. The van der Waals surface area contributed by atoms with Crippen molar-refractivity contribution < 1.29 is 38.7 Å². The van der Waals surface area contributed by atoms with Gasteiger partial charge in [-0.3, -0.25) is 0 Å². The molecule has 0 heterocycles. The molecule has 258 valence electrons. The standard InChI is InChI=1S/C40H50O8/c1-11-35(43)45-21-33(41)23-47-37-25(3)17-31(18-26(37)4)39(7,8)29-13-15-30(16-14-29)40(9,10)32-19-27(5)38(28(6)20-32)48-24-34(42)22-46-36(44)12-2/h11-20,33-34,41-42H,1-2,21-24H2,3-10H3. The molecule has 8 heteroatoms. The molecule has 3 aromatic carbocycles. The van der Waals surface area contributed by atoms with Crippen molar-refractivity contribution in [2.75, 3.05) is 26.4 Å². The number of carbonyl (C=O) groups is 2. The highest BCUT2D eigenvalue weighted by molar-refractivity contribution is 5.81. The lowest BCUT2D eigenvalue weighted by atomic mass is 9.74. The molecule has 0 fully saturated rings. The Bertz CT molecular complexity index is 1450. The molecule has 0 aliphatic carbocycles. The fraction of sp³-hybridized carbons (Fsp3) is 0.400. The summed E-state index contributed by atoms with van der Waals surface area (Å²) in [7, 11) is 0. The molecule has 0 aliphatic rings. The van der Waals surface area contributed by atoms with Gasteiger partial charge in [0.25, 0.3) is 0 Å². The van der Waals surface area contributed by atoms with Gasteiger partial charge >= 0.3 is 11.9 Å². The van der Waals surface area contributed by atoms with E-state index in [-0.39, 0.29) is 37.3 Å². The Kier molecular flexibility index (Phi) is 12.8. The molecule has 2 N–H and O–H groups in total. The quantitative estimate of drug-likeness (QED) is 0.132. The highest BCUT2D eigenvalue weighted by Gasteiger charge is 2.28. The third-order valence-corrected chi connectivity index (χ3v) is 8.70. The van der Waals surface area contributed by atoms with Crippen LogP contribution in [0.25, 0.3) is 0 Å². The van der Waals surface area contributed by atoms with Crippen molar-refractivity contribution in [2.24, 2.45) is 0 Å². The van der Waals surface area contributed by atoms with Crippen LogP contribution in [0.3, 0.4) is 0 Å². The Morgan fingerprint density at radius 1 is 0.604 bits per heavy atom. The van der Waals surface area contributed by atoms with Crippen molar-refractivity contribution in [1.82, 2.24) is 0 Å². The Hall–Kier alpha value is -4.40. The molecule has 3 aromatic rings. The minimum absolute atomic E-state index is 0.000953. The summed E-state index contributed by atoms with van der Waals surface area (Å²) in [5.41, 5.74) is 7.84. The molecule has 0 radical (unpaired) electrons. The number of esters is 2. The normalized spacial score (nSPS) is 12.9. The average molecular weight is 659 g/mol. The van der Waals surface area contributed by atoms with Gasteiger partial charge < -0.3 is 29.2 Å². The average Bonchev–Trinajstić information content (AvgIpc) is 3.04. The Morgan fingerprint density at radius 2 is 0.896 bits per heavy atom. The Labute approximate surface area is 285 Å². The van der Waals surface area contributed by atoms with E-state index in [1.165, 1.54) is 11.1 Å². The van der Waals surface area contributed by atoms with Crippen molar-refractivity contribution in [2.45, 2.75) is 78.4 Å². The van der Waals surface area contributed by atoms with E-state index in [1.807, 2.05) is 27.7 Å². The fourth-order valence-electron chi connectivity index (χ4n) is 5.64. The fourth-order valence-corrected chi connectivity index (χ4v) is 5.64. The molecule has 8 nitrogen and oxygen atoms in total. The number of rotatable bonds is 16. The van der Waals surface area contributed by atoms with Crippen LogP contribution in [0.2, 0.25) is 0 Å². The molecule has 0 saturated heterocycles. The first-order valence-electron chi connectivity index (χ1n) is 16.1. The number of aryl methyl sites for hydroxylation is 4. The van der Waals surface area contributed by atoms with E-state index < -0.39 is 24.1 Å². The number of carbonyl (C=O) groups excluding carboxylic acids is 2. The minimum Gasteiger partial charge on any atom is -0.490 e. The van der Waals surface area contributed by atoms with Crippen LogP contribution in [-0.4, -0.2) is 60.8 Å². The molecule has 0 bridgehead atoms. The molecule has 48 heavy (non-hydrogen) atoms. The minimum atomic E-state index is -0.952. The zero-order chi connectivity index (χ0) is 35.8. The van der Waals surface area contributed by atoms with E-state index in [4.69, 9.17) is 18.9 Å². The number of hydrogen-bond acceptors (Lipinski definition) is 8. The zero-order valence-corrected chi connectivity index (χ0v) is 29.5. The lowest BCUT2D eigenvalue weighted by Gasteiger charge is -2.31. The second kappa shape index (κ2) is 16.1. The first kappa shape index (κ1) is 38.1. The van der Waals surface area contributed by atoms with Crippen molar-refractivity contribution in [3.63, 3.8) is 0 Å². The third-order valence-electron chi connectivity index (χ3n) is 8.70. The molecular formula is C40H50O8. The lowest BCUT2D eigenvalue weighted by Crippen LogP contribution is -2.25. The van der Waals surface area contributed by atoms with E-state index in [1.54, 1.807) is 0 Å². The number of hydrogen-bond donors (Lipinski definition) is 2. The Balaban J connectivity index is 1.75. The molecule has 3 rings (SSSR count). The monoisotopic (exact) mass is 658 g/mol. The van der Waals surface area contributed by atoms with Crippen molar-refractivity contribution in [3.05, 3.63) is 118 Å². The summed E-state index contributed by atoms with van der Waals surface area (Å²) < 4.78 is 21.7. The maximum absolute atomic E-state index is 11.3. The van der Waals surface area contributed by atoms with E-state index >= 15 is 0 Å². The second-order valence-electron chi connectivity index (χ2n) is 13.3. The molecule has 0 spiro atoms. The lowest BCUT2D eigenvalue weighted by molar-refractivity contribution is -0.142. The van der Waals surface area contributed by atoms with Gasteiger partial charge in [0, 0.05) is 23.0 Å². The largest absolute Gasteiger partial charge is 0.490 e. The van der Waals surface area contributed by atoms with Gasteiger partial charge in [-0.1, -0.05) is 89.4 Å². The van der Waals surface area contributed by atoms with E-state index in [9.17, 15) is 19.8 Å². The van der Waals surface area contributed by atoms with Crippen LogP contribution in [0, 0.1) is 27.7 Å². The third kappa shape index (κ3) is 9.36. The highest BCUT2D eigenvalue weighted by atomic mass is 16.6. The van der Waals surface area contributed by atoms with Gasteiger partial charge in [-0.2, -0.15) is 0 Å². The zero-order valence-electron chi connectivity index (χ0n) is 29.5. The van der Waals surface area contributed by atoms with Gasteiger partial charge in [0.1, 0.15) is 50.1 Å². The summed E-state index contributed by atoms with van der Waals surface area (Å²) in [5, 5.41) is 20.3. The van der Waals surface area contributed by atoms with E-state index in [2.05, 4.69) is 89.4 Å². The summed E-state index contributed by atoms with van der Waals surface area (Å²) in [6.45, 7) is 23.1. The molecular weight excluding hydrogens is 608 g/mol. The van der Waals surface area contributed by atoms with Crippen LogP contribution in [0.4, 0.5) is 0 Å². The van der Waals surface area contributed by atoms with Crippen LogP contribution in [0.1, 0.15) is 72.2 Å². The van der Waals surface area contributed by atoms with Gasteiger partial charge in [-0.25, -0.2) is 9.59 Å². The topological polar surface area (TPSA) is 112 Å². The summed E-state index contributed by atoms with van der Waals surface area (Å²) in [5.74, 6) is 0.230. The Morgan fingerprint density at radius 3 is 1.17 bits per heavy atom. The van der Waals surface area contributed by atoms with Gasteiger partial charge in [0.05, 0.1) is 0 Å². The number of benzene rings is 3. The van der Waals surface area contributed by atoms with Gasteiger partial charge in [-0.05, 0) is 72.2 Å². The van der Waals surface area contributed by atoms with Crippen LogP contribution < -0.4 is 9.47 Å². The molecule has 0 amide bonds. The summed E-state index contributed by atoms with van der Waals surface area (Å²) in [6, 6.07) is 17.2. The number of aliphatic hydroxyl groups excluding tert-OH is 2. The maximum Gasteiger partial charge on any atom is 0.330 e. The van der Waals surface area contributed by atoms with E-state index in [0.29, 0.717) is 11.5 Å². The molecule has 0 aliphatic heterocycles. The smallest absolute Gasteiger partial charge is 0.330 e. The molecule has 2 unspecified atom stereocenters. The predicted octanol–water partition coefficient (Wildman–Crippen LogP) is 6.51. The summed E-state index contributed by atoms with van der Waals surface area (Å²) in [6.07, 6.45) is 0.208. The van der Waals surface area contributed by atoms with Gasteiger partial charge in [0.2, 0.25) is 0 Å². The van der Waals surface area contributed by atoms with Crippen LogP contribution in [0.5, 0.6) is 11.5 Å². The second-order valence-corrected chi connectivity index (χ2v) is 13.3. The highest BCUT2D eigenvalue weighted by Crippen LogP contribution is 2.39. The van der Waals surface area contributed by atoms with Crippen LogP contribution in [0.15, 0.2) is 73.8 Å². The summed E-state index contributed by atoms with van der Waals surface area (Å²) >= 11 is 0. The SMILES string of the molecule is C=CC(=O)OCC(O)COc1c(C)cc(C(C)(C)c2ccc(C(C)(C)c3cc(C)c(OCC(O)COC(=O)C=C)c(C)c3)cc2)cc1C. The van der Waals surface area contributed by atoms with Crippen LogP contribution >= 0.6 is 0 Å². The van der Waals surface area contributed by atoms with Crippen molar-refractivity contribution in [3.8, 4) is 11.5 Å². The van der Waals surface area contributed by atoms with E-state index in [0.717, 1.165) is 45.5 Å². The van der Waals surface area contributed by atoms with Crippen molar-refractivity contribution >= 4 is 11.9 Å². The van der Waals surface area contributed by atoms with Gasteiger partial charge in [0.15, 0.2) is 0 Å². The first-order chi connectivity index (χ1) is 22.5. The van der Waals surface area contributed by atoms with Crippen LogP contribution in [-0.2, 0) is 29.9 Å². The molecule has 0 saturated carbocycles. The van der Waals surface area contributed by atoms with Gasteiger partial charge in [-0.15, -0.1) is 0 Å². The first-order valence-corrected chi connectivity index (χ1v) is 16.1. The van der Waals surface area contributed by atoms with Crippen molar-refractivity contribution in [1.29, 1.82) is 0 Å². The number of aliphatic hydroxyl groups is 2. The number of ether oxygens (including phenoxy) is 4. The summed E-state index contributed by atoms with van der Waals surface area (Å²) in [4.78, 5) is 22.5. The predicted molar refractivity (Wildman–Crippen MR) is 188 cm³/mol. The molecule has 2 atom stereocenters. The molecule has 0 aromatic heterocycles.